The van der Waals surface area contributed by atoms with Crippen LogP contribution < -0.4 is 5.32 Å². The first-order chi connectivity index (χ1) is 8.22. The first-order valence-corrected chi connectivity index (χ1v) is 6.47. The average molecular weight is 231 g/mol. The number of Topliss-reactive ketones (excluding diaryl/α,β-unsaturated/α-hetero) is 1. The largest absolute Gasteiger partial charge is 0.313 e. The van der Waals surface area contributed by atoms with Crippen molar-refractivity contribution in [1.29, 1.82) is 0 Å². The third-order valence-corrected chi connectivity index (χ3v) is 3.89. The SMILES string of the molecule is CNC(c1ccccc1C)C1CCC(=O)CC1. The highest BCUT2D eigenvalue weighted by atomic mass is 16.1. The van der Waals surface area contributed by atoms with Crippen LogP contribution >= 0.6 is 0 Å². The van der Waals surface area contributed by atoms with Crippen LogP contribution in [0.5, 0.6) is 0 Å². The first-order valence-electron chi connectivity index (χ1n) is 6.47. The van der Waals surface area contributed by atoms with Gasteiger partial charge in [0.1, 0.15) is 5.78 Å². The lowest BCUT2D eigenvalue weighted by Crippen LogP contribution is -2.29. The highest BCUT2D eigenvalue weighted by molar-refractivity contribution is 5.79. The zero-order valence-electron chi connectivity index (χ0n) is 10.7. The molecule has 0 radical (unpaired) electrons. The Hall–Kier alpha value is -1.15. The minimum atomic E-state index is 0.393. The molecule has 0 aromatic heterocycles. The van der Waals surface area contributed by atoms with Gasteiger partial charge >= 0.3 is 0 Å². The first kappa shape index (κ1) is 12.3. The number of nitrogens with one attached hydrogen (secondary N) is 1. The maximum Gasteiger partial charge on any atom is 0.132 e. The number of carbonyl (C=O) groups excluding carboxylic acids is 1. The number of carbonyl (C=O) groups is 1. The monoisotopic (exact) mass is 231 g/mol. The standard InChI is InChI=1S/C15H21NO/c1-11-5-3-4-6-14(11)15(16-2)12-7-9-13(17)10-8-12/h3-6,12,15-16H,7-10H2,1-2H3. The minimum Gasteiger partial charge on any atom is -0.313 e. The number of ketones is 1. The second kappa shape index (κ2) is 5.46. The van der Waals surface area contributed by atoms with Gasteiger partial charge in [-0.25, -0.2) is 0 Å². The lowest BCUT2D eigenvalue weighted by atomic mass is 9.80. The Morgan fingerprint density at radius 3 is 2.47 bits per heavy atom. The van der Waals surface area contributed by atoms with Crippen molar-refractivity contribution < 1.29 is 4.79 Å². The van der Waals surface area contributed by atoms with Crippen LogP contribution in [0.2, 0.25) is 0 Å². The molecule has 1 aliphatic carbocycles. The zero-order chi connectivity index (χ0) is 12.3. The molecule has 0 bridgehead atoms. The molecule has 2 rings (SSSR count). The Bertz CT molecular complexity index is 390. The molecule has 0 spiro atoms. The molecule has 1 aliphatic rings. The van der Waals surface area contributed by atoms with Gasteiger partial charge in [-0.15, -0.1) is 0 Å². The minimum absolute atomic E-state index is 0.393. The smallest absolute Gasteiger partial charge is 0.132 e. The molecular formula is C15H21NO. The van der Waals surface area contributed by atoms with Crippen molar-refractivity contribution in [3.8, 4) is 0 Å². The summed E-state index contributed by atoms with van der Waals surface area (Å²) in [6, 6.07) is 8.93. The van der Waals surface area contributed by atoms with Crippen molar-refractivity contribution in [3.63, 3.8) is 0 Å². The normalized spacial score (nSPS) is 19.3. The fraction of sp³-hybridized carbons (Fsp3) is 0.533. The van der Waals surface area contributed by atoms with Crippen molar-refractivity contribution in [3.05, 3.63) is 35.4 Å². The summed E-state index contributed by atoms with van der Waals surface area (Å²) < 4.78 is 0. The van der Waals surface area contributed by atoms with Gasteiger partial charge in [-0.05, 0) is 43.9 Å². The maximum absolute atomic E-state index is 11.3. The molecule has 17 heavy (non-hydrogen) atoms. The predicted molar refractivity (Wildman–Crippen MR) is 69.9 cm³/mol. The molecule has 1 aromatic carbocycles. The Balaban J connectivity index is 2.16. The molecule has 0 aliphatic heterocycles. The summed E-state index contributed by atoms with van der Waals surface area (Å²) in [5.74, 6) is 1.03. The summed E-state index contributed by atoms with van der Waals surface area (Å²) in [5.41, 5.74) is 2.72. The van der Waals surface area contributed by atoms with Crippen molar-refractivity contribution >= 4 is 5.78 Å². The fourth-order valence-corrected chi connectivity index (χ4v) is 2.88. The van der Waals surface area contributed by atoms with Crippen LogP contribution in [0, 0.1) is 12.8 Å². The van der Waals surface area contributed by atoms with E-state index in [1.807, 2.05) is 7.05 Å². The van der Waals surface area contributed by atoms with Crippen molar-refractivity contribution in [2.75, 3.05) is 7.05 Å². The van der Waals surface area contributed by atoms with Gasteiger partial charge in [-0.3, -0.25) is 4.79 Å². The van der Waals surface area contributed by atoms with E-state index in [2.05, 4.69) is 36.5 Å². The summed E-state index contributed by atoms with van der Waals surface area (Å²) in [6.07, 6.45) is 3.57. The van der Waals surface area contributed by atoms with E-state index >= 15 is 0 Å². The molecule has 1 atom stereocenters. The lowest BCUT2D eigenvalue weighted by molar-refractivity contribution is -0.121. The van der Waals surface area contributed by atoms with E-state index in [0.717, 1.165) is 25.7 Å². The summed E-state index contributed by atoms with van der Waals surface area (Å²) in [6.45, 7) is 2.16. The van der Waals surface area contributed by atoms with Gasteiger partial charge in [0.05, 0.1) is 0 Å². The van der Waals surface area contributed by atoms with Gasteiger partial charge in [0.25, 0.3) is 0 Å². The summed E-state index contributed by atoms with van der Waals surface area (Å²) >= 11 is 0. The van der Waals surface area contributed by atoms with E-state index < -0.39 is 0 Å². The molecule has 2 heteroatoms. The summed E-state index contributed by atoms with van der Waals surface area (Å²) in [7, 11) is 2.02. The fourth-order valence-electron chi connectivity index (χ4n) is 2.88. The van der Waals surface area contributed by atoms with Gasteiger partial charge in [0, 0.05) is 18.9 Å². The van der Waals surface area contributed by atoms with Crippen LogP contribution in [0.1, 0.15) is 42.9 Å². The number of rotatable bonds is 3. The van der Waals surface area contributed by atoms with Gasteiger partial charge < -0.3 is 5.32 Å². The topological polar surface area (TPSA) is 29.1 Å². The van der Waals surface area contributed by atoms with Crippen LogP contribution in [0.25, 0.3) is 0 Å². The quantitative estimate of drug-likeness (QED) is 0.866. The molecule has 0 saturated heterocycles. The maximum atomic E-state index is 11.3. The highest BCUT2D eigenvalue weighted by Crippen LogP contribution is 2.34. The average Bonchev–Trinajstić information content (AvgIpc) is 2.35. The third kappa shape index (κ3) is 2.75. The highest BCUT2D eigenvalue weighted by Gasteiger charge is 2.27. The number of hydrogen-bond donors (Lipinski definition) is 1. The van der Waals surface area contributed by atoms with E-state index in [1.54, 1.807) is 0 Å². The predicted octanol–water partition coefficient (Wildman–Crippen LogP) is 3.01. The second-order valence-corrected chi connectivity index (χ2v) is 5.00. The van der Waals surface area contributed by atoms with Crippen LogP contribution in [0.4, 0.5) is 0 Å². The Labute approximate surface area is 103 Å². The molecule has 1 unspecified atom stereocenters. The lowest BCUT2D eigenvalue weighted by Gasteiger charge is -2.30. The second-order valence-electron chi connectivity index (χ2n) is 5.00. The molecule has 0 amide bonds. The van der Waals surface area contributed by atoms with Crippen LogP contribution in [-0.2, 0) is 4.79 Å². The molecule has 1 saturated carbocycles. The van der Waals surface area contributed by atoms with E-state index in [-0.39, 0.29) is 0 Å². The Morgan fingerprint density at radius 1 is 1.24 bits per heavy atom. The molecule has 1 N–H and O–H groups in total. The van der Waals surface area contributed by atoms with Crippen molar-refractivity contribution in [2.45, 2.75) is 38.6 Å². The molecule has 1 aromatic rings. The van der Waals surface area contributed by atoms with Crippen LogP contribution in [0.3, 0.4) is 0 Å². The number of hydrogen-bond acceptors (Lipinski definition) is 2. The van der Waals surface area contributed by atoms with Gasteiger partial charge in [-0.1, -0.05) is 24.3 Å². The summed E-state index contributed by atoms with van der Waals surface area (Å²) in [5, 5.41) is 3.43. The van der Waals surface area contributed by atoms with Crippen LogP contribution in [0.15, 0.2) is 24.3 Å². The third-order valence-electron chi connectivity index (χ3n) is 3.89. The Kier molecular flexibility index (Phi) is 3.95. The molecule has 0 heterocycles. The van der Waals surface area contributed by atoms with Gasteiger partial charge in [0.15, 0.2) is 0 Å². The number of benzene rings is 1. The zero-order valence-corrected chi connectivity index (χ0v) is 10.7. The van der Waals surface area contributed by atoms with E-state index in [0.29, 0.717) is 17.7 Å². The number of aryl methyl sites for hydroxylation is 1. The molecule has 92 valence electrons. The van der Waals surface area contributed by atoms with E-state index in [9.17, 15) is 4.79 Å². The molecule has 1 fully saturated rings. The van der Waals surface area contributed by atoms with Gasteiger partial charge in [0.2, 0.25) is 0 Å². The summed E-state index contributed by atoms with van der Waals surface area (Å²) in [4.78, 5) is 11.3. The van der Waals surface area contributed by atoms with E-state index in [4.69, 9.17) is 0 Å². The van der Waals surface area contributed by atoms with Crippen molar-refractivity contribution in [1.82, 2.24) is 5.32 Å². The van der Waals surface area contributed by atoms with Gasteiger partial charge in [-0.2, -0.15) is 0 Å². The van der Waals surface area contributed by atoms with Crippen molar-refractivity contribution in [2.24, 2.45) is 5.92 Å². The van der Waals surface area contributed by atoms with E-state index in [1.165, 1.54) is 11.1 Å². The van der Waals surface area contributed by atoms with Crippen LogP contribution in [-0.4, -0.2) is 12.8 Å². The Morgan fingerprint density at radius 2 is 1.88 bits per heavy atom. The molecule has 2 nitrogen and oxygen atoms in total. The molecular weight excluding hydrogens is 210 g/mol.